The van der Waals surface area contributed by atoms with E-state index in [0.717, 1.165) is 36.7 Å². The summed E-state index contributed by atoms with van der Waals surface area (Å²) in [6.45, 7) is 2.10. The van der Waals surface area contributed by atoms with Crippen molar-refractivity contribution in [1.82, 2.24) is 9.97 Å². The highest BCUT2D eigenvalue weighted by atomic mass is 35.7. The van der Waals surface area contributed by atoms with Gasteiger partial charge in [0.2, 0.25) is 6.69 Å². The summed E-state index contributed by atoms with van der Waals surface area (Å²) in [5, 5.41) is 0. The first kappa shape index (κ1) is 16.5. The molecule has 0 N–H and O–H groups in total. The van der Waals surface area contributed by atoms with Crippen LogP contribution in [-0.2, 0) is 6.42 Å². The lowest BCUT2D eigenvalue weighted by Gasteiger charge is -2.09. The third-order valence-electron chi connectivity index (χ3n) is 3.33. The highest BCUT2D eigenvalue weighted by molar-refractivity contribution is 7.44. The van der Waals surface area contributed by atoms with E-state index in [4.69, 9.17) is 22.2 Å². The topological polar surface area (TPSA) is 25.8 Å². The molecule has 0 saturated carbocycles. The molecule has 0 aliphatic rings. The molecule has 5 heteroatoms. The number of aryl methyl sites for hydroxylation is 2. The maximum atomic E-state index is 6.12. The number of nitrogens with zero attached hydrogens (tertiary/aromatic N) is 2. The molecule has 21 heavy (non-hydrogen) atoms. The summed E-state index contributed by atoms with van der Waals surface area (Å²) in [6, 6.07) is 9.20. The van der Waals surface area contributed by atoms with Crippen LogP contribution in [-0.4, -0.2) is 16.7 Å². The van der Waals surface area contributed by atoms with Crippen LogP contribution < -0.4 is 0 Å². The minimum Gasteiger partial charge on any atom is -0.255 e. The van der Waals surface area contributed by atoms with Gasteiger partial charge in [0.1, 0.15) is 0 Å². The molecule has 0 bridgehead atoms. The van der Waals surface area contributed by atoms with Crippen molar-refractivity contribution < 1.29 is 0 Å². The van der Waals surface area contributed by atoms with Gasteiger partial charge in [0.25, 0.3) is 0 Å². The lowest BCUT2D eigenvalue weighted by Crippen LogP contribution is -2.11. The molecule has 2 nitrogen and oxygen atoms in total. The Morgan fingerprint density at radius 3 is 2.33 bits per heavy atom. The Morgan fingerprint density at radius 1 is 1.00 bits per heavy atom. The summed E-state index contributed by atoms with van der Waals surface area (Å²) in [4.78, 5) is 8.81. The van der Waals surface area contributed by atoms with Crippen LogP contribution >= 0.6 is 22.2 Å². The van der Waals surface area contributed by atoms with Crippen molar-refractivity contribution in [3.05, 3.63) is 47.8 Å². The van der Waals surface area contributed by atoms with Gasteiger partial charge in [-0.25, -0.2) is 0 Å². The summed E-state index contributed by atoms with van der Waals surface area (Å²) in [7, 11) is 0. The van der Waals surface area contributed by atoms with Crippen molar-refractivity contribution in [2.24, 2.45) is 0 Å². The molecule has 2 heterocycles. The Morgan fingerprint density at radius 2 is 1.67 bits per heavy atom. The highest BCUT2D eigenvalue weighted by Crippen LogP contribution is 2.23. The fraction of sp³-hybridized carbons (Fsp3) is 0.375. The molecule has 0 aromatic carbocycles. The summed E-state index contributed by atoms with van der Waals surface area (Å²) < 4.78 is 0. The summed E-state index contributed by atoms with van der Waals surface area (Å²) in [6.07, 6.45) is 6.89. The van der Waals surface area contributed by atoms with Crippen LogP contribution in [0.1, 0.15) is 24.0 Å². The minimum absolute atomic E-state index is 0.929. The Balaban J connectivity index is 1.98. The predicted molar refractivity (Wildman–Crippen MR) is 93.3 cm³/mol. The number of pyridine rings is 2. The van der Waals surface area contributed by atoms with Crippen molar-refractivity contribution in [2.75, 3.05) is 0 Å². The van der Waals surface area contributed by atoms with Crippen LogP contribution in [0.3, 0.4) is 0 Å². The Kier molecular flexibility index (Phi) is 5.79. The van der Waals surface area contributed by atoms with Crippen LogP contribution in [0.25, 0.3) is 11.4 Å². The summed E-state index contributed by atoms with van der Waals surface area (Å²) >= 11 is 12.2. The molecule has 0 saturated heterocycles. The van der Waals surface area contributed by atoms with E-state index in [0.29, 0.717) is 0 Å². The normalized spacial score (nSPS) is 11.6. The number of aromatic nitrogens is 2. The Hall–Kier alpha value is -0.903. The zero-order valence-corrected chi connectivity index (χ0v) is 15.0. The number of halogens is 2. The highest BCUT2D eigenvalue weighted by Gasteiger charge is 2.19. The third kappa shape index (κ3) is 5.77. The first-order valence-electron chi connectivity index (χ1n) is 7.20. The van der Waals surface area contributed by atoms with Gasteiger partial charge in [-0.05, 0) is 67.7 Å². The first-order valence-corrected chi connectivity index (χ1v) is 11.9. The molecule has 0 spiro atoms. The van der Waals surface area contributed by atoms with Gasteiger partial charge in [0, 0.05) is 12.4 Å². The van der Waals surface area contributed by atoms with E-state index in [2.05, 4.69) is 35.1 Å². The van der Waals surface area contributed by atoms with Crippen molar-refractivity contribution in [2.45, 2.75) is 38.8 Å². The second kappa shape index (κ2) is 7.39. The molecule has 0 fully saturated rings. The molecule has 0 unspecified atom stereocenters. The second-order valence-electron chi connectivity index (χ2n) is 5.55. The monoisotopic (exact) mass is 338 g/mol. The van der Waals surface area contributed by atoms with Crippen LogP contribution in [0.2, 0.25) is 12.6 Å². The SMILES string of the molecule is Cc1ccnc(-c2cc(CCCC[Si](C)(Cl)Cl)ccn2)c1. The summed E-state index contributed by atoms with van der Waals surface area (Å²) in [5.74, 6) is 0. The van der Waals surface area contributed by atoms with Crippen molar-refractivity contribution in [3.8, 4) is 11.4 Å². The molecule has 0 atom stereocenters. The molecule has 0 amide bonds. The largest absolute Gasteiger partial charge is 0.255 e. The lowest BCUT2D eigenvalue weighted by molar-refractivity contribution is 0.789. The maximum Gasteiger partial charge on any atom is 0.248 e. The number of unbranched alkanes of at least 4 members (excludes halogenated alkanes) is 1. The van der Waals surface area contributed by atoms with Gasteiger partial charge in [-0.3, -0.25) is 9.97 Å². The Bertz CT molecular complexity index is 597. The standard InChI is InChI=1S/C16H20Cl2N2Si/c1-13-6-8-19-15(11-13)16-12-14(7-9-20-16)5-3-4-10-21(2,17)18/h6-9,11-12H,3-5,10H2,1-2H3. The number of rotatable bonds is 6. The minimum atomic E-state index is -1.94. The van der Waals surface area contributed by atoms with E-state index in [1.165, 1.54) is 11.1 Å². The molecular formula is C16H20Cl2N2Si. The fourth-order valence-electron chi connectivity index (χ4n) is 2.21. The predicted octanol–water partition coefficient (Wildman–Crippen LogP) is 5.32. The van der Waals surface area contributed by atoms with E-state index in [1.54, 1.807) is 0 Å². The smallest absolute Gasteiger partial charge is 0.248 e. The van der Waals surface area contributed by atoms with Gasteiger partial charge in [0.05, 0.1) is 11.4 Å². The van der Waals surface area contributed by atoms with Crippen molar-refractivity contribution >= 4 is 28.9 Å². The molecule has 112 valence electrons. The van der Waals surface area contributed by atoms with Crippen LogP contribution in [0.4, 0.5) is 0 Å². The maximum absolute atomic E-state index is 6.12. The van der Waals surface area contributed by atoms with Crippen molar-refractivity contribution in [1.29, 1.82) is 0 Å². The van der Waals surface area contributed by atoms with Crippen LogP contribution in [0, 0.1) is 6.92 Å². The average Bonchev–Trinajstić information content (AvgIpc) is 2.43. The van der Waals surface area contributed by atoms with Gasteiger partial charge in [-0.2, -0.15) is 0 Å². The average molecular weight is 339 g/mol. The van der Waals surface area contributed by atoms with E-state index in [9.17, 15) is 0 Å². The molecule has 2 aromatic rings. The third-order valence-corrected chi connectivity index (χ3v) is 5.70. The number of hydrogen-bond acceptors (Lipinski definition) is 2. The van der Waals surface area contributed by atoms with E-state index < -0.39 is 6.69 Å². The molecule has 0 aliphatic carbocycles. The summed E-state index contributed by atoms with van der Waals surface area (Å²) in [5.41, 5.74) is 4.35. The molecule has 0 radical (unpaired) electrons. The van der Waals surface area contributed by atoms with Crippen molar-refractivity contribution in [3.63, 3.8) is 0 Å². The van der Waals surface area contributed by atoms with E-state index in [1.807, 2.05) is 25.0 Å². The second-order valence-corrected chi connectivity index (χ2v) is 13.8. The van der Waals surface area contributed by atoms with Gasteiger partial charge in [0.15, 0.2) is 0 Å². The van der Waals surface area contributed by atoms with Gasteiger partial charge in [-0.15, -0.1) is 22.2 Å². The van der Waals surface area contributed by atoms with Gasteiger partial charge < -0.3 is 0 Å². The molecular weight excluding hydrogens is 319 g/mol. The zero-order chi connectivity index (χ0) is 15.3. The quantitative estimate of drug-likeness (QED) is 0.404. The molecule has 0 aliphatic heterocycles. The van der Waals surface area contributed by atoms with Gasteiger partial charge in [-0.1, -0.05) is 6.42 Å². The van der Waals surface area contributed by atoms with E-state index in [-0.39, 0.29) is 0 Å². The lowest BCUT2D eigenvalue weighted by atomic mass is 10.1. The van der Waals surface area contributed by atoms with E-state index >= 15 is 0 Å². The Labute approximate surface area is 137 Å². The zero-order valence-electron chi connectivity index (χ0n) is 12.4. The van der Waals surface area contributed by atoms with Crippen LogP contribution in [0.15, 0.2) is 36.7 Å². The van der Waals surface area contributed by atoms with Crippen LogP contribution in [0.5, 0.6) is 0 Å². The molecule has 2 rings (SSSR count). The van der Waals surface area contributed by atoms with Gasteiger partial charge >= 0.3 is 0 Å². The number of hydrogen-bond donors (Lipinski definition) is 0. The first-order chi connectivity index (χ1) is 9.94. The fourth-order valence-corrected chi connectivity index (χ4v) is 3.88. The molecule has 2 aromatic heterocycles.